The number of carbonyl (C=O) groups is 2. The SMILES string of the molecule is Cc1ccc(C(=O)Nc2ccccc2N2CCCCCC2)cc1NC(=O)c1ccco1. The zero-order chi connectivity index (χ0) is 21.6. The van der Waals surface area contributed by atoms with Gasteiger partial charge in [-0.25, -0.2) is 0 Å². The minimum absolute atomic E-state index is 0.212. The van der Waals surface area contributed by atoms with Crippen LogP contribution in [0.25, 0.3) is 0 Å². The molecule has 1 aromatic heterocycles. The van der Waals surface area contributed by atoms with Crippen molar-refractivity contribution in [2.45, 2.75) is 32.6 Å². The molecule has 0 saturated carbocycles. The Labute approximate surface area is 182 Å². The number of anilines is 3. The van der Waals surface area contributed by atoms with E-state index < -0.39 is 0 Å². The van der Waals surface area contributed by atoms with Crippen molar-refractivity contribution in [2.24, 2.45) is 0 Å². The van der Waals surface area contributed by atoms with Gasteiger partial charge in [-0.3, -0.25) is 9.59 Å². The minimum Gasteiger partial charge on any atom is -0.459 e. The summed E-state index contributed by atoms with van der Waals surface area (Å²) in [6.07, 6.45) is 6.28. The third kappa shape index (κ3) is 4.97. The molecule has 6 heteroatoms. The summed E-state index contributed by atoms with van der Waals surface area (Å²) in [4.78, 5) is 27.7. The number of hydrogen-bond donors (Lipinski definition) is 2. The summed E-state index contributed by atoms with van der Waals surface area (Å²) in [5, 5.41) is 5.88. The van der Waals surface area contributed by atoms with Gasteiger partial charge in [0.15, 0.2) is 5.76 Å². The number of carbonyl (C=O) groups excluding carboxylic acids is 2. The monoisotopic (exact) mass is 417 g/mol. The summed E-state index contributed by atoms with van der Waals surface area (Å²) < 4.78 is 5.15. The molecule has 2 aromatic carbocycles. The molecule has 1 aliphatic rings. The molecule has 1 saturated heterocycles. The summed E-state index contributed by atoms with van der Waals surface area (Å²) in [6.45, 7) is 3.88. The molecule has 0 radical (unpaired) electrons. The fourth-order valence-corrected chi connectivity index (χ4v) is 3.85. The Hall–Kier alpha value is -3.54. The van der Waals surface area contributed by atoms with Crippen molar-refractivity contribution in [2.75, 3.05) is 28.6 Å². The number of furan rings is 1. The third-order valence-electron chi connectivity index (χ3n) is 5.59. The maximum atomic E-state index is 13.0. The second-order valence-corrected chi connectivity index (χ2v) is 7.83. The summed E-state index contributed by atoms with van der Waals surface area (Å²) in [5.41, 5.74) is 3.77. The van der Waals surface area contributed by atoms with E-state index in [0.29, 0.717) is 11.3 Å². The highest BCUT2D eigenvalue weighted by Gasteiger charge is 2.17. The van der Waals surface area contributed by atoms with Gasteiger partial charge in [0.25, 0.3) is 11.8 Å². The predicted molar refractivity (Wildman–Crippen MR) is 123 cm³/mol. The molecule has 31 heavy (non-hydrogen) atoms. The van der Waals surface area contributed by atoms with Crippen LogP contribution in [-0.4, -0.2) is 24.9 Å². The van der Waals surface area contributed by atoms with Crippen molar-refractivity contribution in [3.8, 4) is 0 Å². The highest BCUT2D eigenvalue weighted by molar-refractivity contribution is 6.08. The Balaban J connectivity index is 1.52. The summed E-state index contributed by atoms with van der Waals surface area (Å²) >= 11 is 0. The first-order valence-electron chi connectivity index (χ1n) is 10.7. The van der Waals surface area contributed by atoms with E-state index in [0.717, 1.165) is 30.0 Å². The van der Waals surface area contributed by atoms with Crippen LogP contribution in [0.4, 0.5) is 17.1 Å². The van der Waals surface area contributed by atoms with Gasteiger partial charge in [0.05, 0.1) is 17.6 Å². The second kappa shape index (κ2) is 9.51. The number of nitrogens with one attached hydrogen (secondary N) is 2. The van der Waals surface area contributed by atoms with Crippen molar-refractivity contribution in [3.63, 3.8) is 0 Å². The molecule has 2 N–H and O–H groups in total. The normalized spacial score (nSPS) is 14.0. The number of para-hydroxylation sites is 2. The van der Waals surface area contributed by atoms with E-state index in [1.807, 2.05) is 31.2 Å². The van der Waals surface area contributed by atoms with Gasteiger partial charge in [-0.2, -0.15) is 0 Å². The molecule has 4 rings (SSSR count). The summed E-state index contributed by atoms with van der Waals surface area (Å²) in [6, 6.07) is 16.5. The van der Waals surface area contributed by atoms with E-state index in [9.17, 15) is 9.59 Å². The third-order valence-corrected chi connectivity index (χ3v) is 5.59. The Morgan fingerprint density at radius 2 is 1.58 bits per heavy atom. The van der Waals surface area contributed by atoms with Gasteiger partial charge in [-0.05, 0) is 61.7 Å². The molecule has 0 aliphatic carbocycles. The molecule has 6 nitrogen and oxygen atoms in total. The maximum absolute atomic E-state index is 13.0. The largest absolute Gasteiger partial charge is 0.459 e. The first kappa shape index (κ1) is 20.7. The van der Waals surface area contributed by atoms with Gasteiger partial charge >= 0.3 is 0 Å². The number of rotatable bonds is 5. The molecule has 1 fully saturated rings. The molecule has 0 bridgehead atoms. The standard InChI is InChI=1S/C25H27N3O3/c1-18-12-13-19(17-21(18)27-25(30)23-11-8-16-31-23)24(29)26-20-9-4-5-10-22(20)28-14-6-2-3-7-15-28/h4-5,8-13,16-17H,2-3,6-7,14-15H2,1H3,(H,26,29)(H,27,30). The molecule has 0 atom stereocenters. The van der Waals surface area contributed by atoms with Crippen LogP contribution in [0.1, 0.15) is 52.2 Å². The van der Waals surface area contributed by atoms with Crippen LogP contribution in [0.2, 0.25) is 0 Å². The molecule has 1 aliphatic heterocycles. The average molecular weight is 418 g/mol. The first-order chi connectivity index (χ1) is 15.1. The van der Waals surface area contributed by atoms with Crippen molar-refractivity contribution in [3.05, 3.63) is 77.7 Å². The van der Waals surface area contributed by atoms with E-state index in [4.69, 9.17) is 4.42 Å². The smallest absolute Gasteiger partial charge is 0.291 e. The number of nitrogens with zero attached hydrogens (tertiary/aromatic N) is 1. The molecule has 160 valence electrons. The second-order valence-electron chi connectivity index (χ2n) is 7.83. The quantitative estimate of drug-likeness (QED) is 0.577. The Morgan fingerprint density at radius 3 is 2.32 bits per heavy atom. The Bertz CT molecular complexity index is 1050. The lowest BCUT2D eigenvalue weighted by molar-refractivity contribution is 0.0993. The van der Waals surface area contributed by atoms with Crippen molar-refractivity contribution in [1.29, 1.82) is 0 Å². The molecule has 0 unspecified atom stereocenters. The predicted octanol–water partition coefficient (Wildman–Crippen LogP) is 5.47. The van der Waals surface area contributed by atoms with E-state index >= 15 is 0 Å². The molecule has 2 heterocycles. The highest BCUT2D eigenvalue weighted by Crippen LogP contribution is 2.29. The van der Waals surface area contributed by atoms with Gasteiger partial charge < -0.3 is 20.0 Å². The van der Waals surface area contributed by atoms with Crippen LogP contribution in [-0.2, 0) is 0 Å². The van der Waals surface area contributed by atoms with Gasteiger partial charge in [-0.15, -0.1) is 0 Å². The minimum atomic E-state index is -0.350. The van der Waals surface area contributed by atoms with Crippen LogP contribution in [0.15, 0.2) is 65.3 Å². The molecular formula is C25H27N3O3. The van der Waals surface area contributed by atoms with Crippen molar-refractivity contribution >= 4 is 28.9 Å². The first-order valence-corrected chi connectivity index (χ1v) is 10.7. The topological polar surface area (TPSA) is 74.6 Å². The fourth-order valence-electron chi connectivity index (χ4n) is 3.85. The molecule has 0 spiro atoms. The maximum Gasteiger partial charge on any atom is 0.291 e. The Morgan fingerprint density at radius 1 is 0.839 bits per heavy atom. The van der Waals surface area contributed by atoms with Crippen LogP contribution in [0.3, 0.4) is 0 Å². The van der Waals surface area contributed by atoms with Gasteiger partial charge in [-0.1, -0.05) is 31.0 Å². The van der Waals surface area contributed by atoms with Gasteiger partial charge in [0, 0.05) is 24.3 Å². The van der Waals surface area contributed by atoms with Crippen molar-refractivity contribution in [1.82, 2.24) is 0 Å². The zero-order valence-corrected chi connectivity index (χ0v) is 17.7. The lowest BCUT2D eigenvalue weighted by atomic mass is 10.1. The van der Waals surface area contributed by atoms with Gasteiger partial charge in [0.1, 0.15) is 0 Å². The van der Waals surface area contributed by atoms with E-state index in [2.05, 4.69) is 21.6 Å². The van der Waals surface area contributed by atoms with E-state index in [1.54, 1.807) is 24.3 Å². The molecule has 2 amide bonds. The lowest BCUT2D eigenvalue weighted by Gasteiger charge is -2.25. The van der Waals surface area contributed by atoms with Crippen LogP contribution in [0.5, 0.6) is 0 Å². The number of aryl methyl sites for hydroxylation is 1. The van der Waals surface area contributed by atoms with Crippen molar-refractivity contribution < 1.29 is 14.0 Å². The molecular weight excluding hydrogens is 390 g/mol. The average Bonchev–Trinajstić information content (AvgIpc) is 3.19. The Kier molecular flexibility index (Phi) is 6.36. The van der Waals surface area contributed by atoms with Crippen LogP contribution >= 0.6 is 0 Å². The number of benzene rings is 2. The number of hydrogen-bond acceptors (Lipinski definition) is 4. The van der Waals surface area contributed by atoms with E-state index in [1.165, 1.54) is 31.9 Å². The summed E-state index contributed by atoms with van der Waals surface area (Å²) in [5.74, 6) is -0.339. The van der Waals surface area contributed by atoms with Crippen LogP contribution in [0, 0.1) is 6.92 Å². The van der Waals surface area contributed by atoms with E-state index in [-0.39, 0.29) is 17.6 Å². The van der Waals surface area contributed by atoms with Gasteiger partial charge in [0.2, 0.25) is 0 Å². The summed E-state index contributed by atoms with van der Waals surface area (Å²) in [7, 11) is 0. The van der Waals surface area contributed by atoms with Crippen LogP contribution < -0.4 is 15.5 Å². The zero-order valence-electron chi connectivity index (χ0n) is 17.7. The number of amides is 2. The molecule has 3 aromatic rings. The fraction of sp³-hybridized carbons (Fsp3) is 0.280. The highest BCUT2D eigenvalue weighted by atomic mass is 16.3. The lowest BCUT2D eigenvalue weighted by Crippen LogP contribution is -2.25.